The summed E-state index contributed by atoms with van der Waals surface area (Å²) in [5.41, 5.74) is 1.97. The van der Waals surface area contributed by atoms with E-state index in [1.54, 1.807) is 4.31 Å². The number of sulfonamides is 1. The fourth-order valence-corrected chi connectivity index (χ4v) is 5.96. The van der Waals surface area contributed by atoms with E-state index >= 15 is 0 Å². The number of piperidine rings is 1. The molecule has 2 fully saturated rings. The Bertz CT molecular complexity index is 794. The predicted octanol–water partition coefficient (Wildman–Crippen LogP) is 6.26. The summed E-state index contributed by atoms with van der Waals surface area (Å²) in [4.78, 5) is 2.44. The van der Waals surface area contributed by atoms with Crippen molar-refractivity contribution in [3.8, 4) is 6.07 Å². The van der Waals surface area contributed by atoms with Crippen LogP contribution in [0.3, 0.4) is 0 Å². The van der Waals surface area contributed by atoms with Gasteiger partial charge in [0.15, 0.2) is 0 Å². The quantitative estimate of drug-likeness (QED) is 0.415. The average molecular weight is 557 g/mol. The first-order valence-electron chi connectivity index (χ1n) is 10.9. The van der Waals surface area contributed by atoms with E-state index in [2.05, 4.69) is 38.7 Å². The Morgan fingerprint density at radius 1 is 1.06 bits per heavy atom. The van der Waals surface area contributed by atoms with E-state index in [1.165, 1.54) is 5.56 Å². The monoisotopic (exact) mass is 556 g/mol. The maximum Gasteiger partial charge on any atom is 0.217 e. The second kappa shape index (κ2) is 17.2. The summed E-state index contributed by atoms with van der Waals surface area (Å²) in [5.74, 6) is 0.503. The van der Waals surface area contributed by atoms with Crippen LogP contribution in [0.4, 0.5) is 0 Å². The van der Waals surface area contributed by atoms with E-state index in [1.807, 2.05) is 31.2 Å². The first-order chi connectivity index (χ1) is 13.7. The third kappa shape index (κ3) is 10.9. The summed E-state index contributed by atoms with van der Waals surface area (Å²) < 4.78 is 26.5. The minimum Gasteiger partial charge on any atom is -0.301 e. The number of hydrogen-bond acceptors (Lipinski definition) is 4. The molecule has 1 radical (unpaired) electrons. The van der Waals surface area contributed by atoms with Gasteiger partial charge in [-0.1, -0.05) is 55.2 Å². The molecule has 0 unspecified atom stereocenters. The molecule has 5 nitrogen and oxygen atoms in total. The minimum absolute atomic E-state index is 0. The molecule has 0 aromatic heterocycles. The van der Waals surface area contributed by atoms with Crippen molar-refractivity contribution in [1.29, 1.82) is 5.26 Å². The summed E-state index contributed by atoms with van der Waals surface area (Å²) in [7, 11) is -3.00. The van der Waals surface area contributed by atoms with Gasteiger partial charge >= 0.3 is 0 Å². The van der Waals surface area contributed by atoms with E-state index in [0.717, 1.165) is 44.3 Å². The Kier molecular flexibility index (Phi) is 19.4. The van der Waals surface area contributed by atoms with Crippen molar-refractivity contribution < 1.29 is 41.1 Å². The van der Waals surface area contributed by atoms with Crippen molar-refractivity contribution in [2.24, 2.45) is 0 Å². The zero-order valence-corrected chi connectivity index (χ0v) is 22.9. The van der Waals surface area contributed by atoms with Crippen molar-refractivity contribution in [3.63, 3.8) is 0 Å². The van der Waals surface area contributed by atoms with Crippen molar-refractivity contribution in [2.45, 2.75) is 106 Å². The second-order valence-electron chi connectivity index (χ2n) is 8.70. The number of nitriles is 1. The average Bonchev–Trinajstić information content (AvgIpc) is 3.55. The molecule has 0 atom stereocenters. The van der Waals surface area contributed by atoms with Crippen LogP contribution in [-0.4, -0.2) is 54.6 Å². The zero-order valence-electron chi connectivity index (χ0n) is 19.2. The molecular weight excluding hydrogens is 507 g/mol. The summed E-state index contributed by atoms with van der Waals surface area (Å²) >= 11 is 0. The minimum atomic E-state index is -3.00. The van der Waals surface area contributed by atoms with Gasteiger partial charge in [0.05, 0.1) is 16.9 Å². The predicted molar refractivity (Wildman–Crippen MR) is 139 cm³/mol. The third-order valence-corrected chi connectivity index (χ3v) is 8.43. The van der Waals surface area contributed by atoms with Crippen LogP contribution >= 0.6 is 0 Å². The molecule has 33 heavy (non-hydrogen) atoms. The van der Waals surface area contributed by atoms with Gasteiger partial charge in [0, 0.05) is 51.3 Å². The molecule has 1 aromatic carbocycles. The molecule has 1 heterocycles. The smallest absolute Gasteiger partial charge is 0.217 e. The normalized spacial score (nSPS) is 16.3. The molecular formula is C26H49N3O2SY. The number of rotatable bonds is 6. The van der Waals surface area contributed by atoms with E-state index < -0.39 is 10.0 Å². The Labute approximate surface area is 231 Å². The van der Waals surface area contributed by atoms with Crippen LogP contribution in [0.5, 0.6) is 0 Å². The standard InChI is InChI=1S/C13H26N2O2S.C10H11N.3CH4.Y/c1-4-15(18(16,17)13-5-6-13)12-7-9-14(10-8-12)11(2)3;1-8(2)10-5-3-4-9(6-10)7-11;;;;/h11-13H,4-10H2,1-3H3;3-6,8H,1-2H3;3*1H4;. The molecule has 0 bridgehead atoms. The van der Waals surface area contributed by atoms with Crippen LogP contribution in [0.15, 0.2) is 24.3 Å². The molecule has 1 aliphatic carbocycles. The van der Waals surface area contributed by atoms with Crippen molar-refractivity contribution in [1.82, 2.24) is 9.21 Å². The maximum absolute atomic E-state index is 12.4. The van der Waals surface area contributed by atoms with E-state index in [9.17, 15) is 8.42 Å². The van der Waals surface area contributed by atoms with Gasteiger partial charge in [-0.05, 0) is 76.2 Å². The molecule has 1 aromatic rings. The third-order valence-electron chi connectivity index (χ3n) is 5.90. The van der Waals surface area contributed by atoms with E-state index in [4.69, 9.17) is 5.26 Å². The second-order valence-corrected chi connectivity index (χ2v) is 10.9. The van der Waals surface area contributed by atoms with Crippen LogP contribution in [0.25, 0.3) is 0 Å². The molecule has 0 N–H and O–H groups in total. The molecule has 7 heteroatoms. The summed E-state index contributed by atoms with van der Waals surface area (Å²) in [6.45, 7) is 13.3. The molecule has 0 spiro atoms. The first kappa shape index (κ1) is 37.2. The van der Waals surface area contributed by atoms with Crippen molar-refractivity contribution >= 4 is 10.0 Å². The van der Waals surface area contributed by atoms with Gasteiger partial charge in [-0.15, -0.1) is 0 Å². The van der Waals surface area contributed by atoms with Crippen LogP contribution in [0, 0.1) is 11.3 Å². The van der Waals surface area contributed by atoms with E-state index in [0.29, 0.717) is 18.5 Å². The topological polar surface area (TPSA) is 64.4 Å². The van der Waals surface area contributed by atoms with Crippen LogP contribution in [0.2, 0.25) is 0 Å². The summed E-state index contributed by atoms with van der Waals surface area (Å²) in [6, 6.07) is 10.7. The molecule has 189 valence electrons. The van der Waals surface area contributed by atoms with Gasteiger partial charge < -0.3 is 4.90 Å². The Balaban J connectivity index is -0.000000530. The van der Waals surface area contributed by atoms with Gasteiger partial charge in [-0.25, -0.2) is 8.42 Å². The summed E-state index contributed by atoms with van der Waals surface area (Å²) in [6.07, 6.45) is 3.70. The Morgan fingerprint density at radius 2 is 1.61 bits per heavy atom. The largest absolute Gasteiger partial charge is 0.301 e. The molecule has 2 aliphatic rings. The number of hydrogen-bond donors (Lipinski definition) is 0. The van der Waals surface area contributed by atoms with Gasteiger partial charge in [0.25, 0.3) is 0 Å². The van der Waals surface area contributed by atoms with Gasteiger partial charge in [0.1, 0.15) is 0 Å². The Morgan fingerprint density at radius 3 is 2.00 bits per heavy atom. The fourth-order valence-electron chi connectivity index (χ4n) is 3.86. The van der Waals surface area contributed by atoms with Crippen LogP contribution < -0.4 is 0 Å². The Hall–Kier alpha value is -0.316. The van der Waals surface area contributed by atoms with Crippen LogP contribution in [-0.2, 0) is 42.7 Å². The van der Waals surface area contributed by atoms with Crippen molar-refractivity contribution in [3.05, 3.63) is 35.4 Å². The molecule has 1 saturated heterocycles. The SMILES string of the molecule is C.C.C.CC(C)c1cccc(C#N)c1.CCN(C1CCN(C(C)C)CC1)S(=O)(=O)C1CC1.[Y]. The molecule has 0 amide bonds. The first-order valence-corrected chi connectivity index (χ1v) is 12.5. The number of benzene rings is 1. The van der Waals surface area contributed by atoms with Crippen LogP contribution in [0.1, 0.15) is 99.6 Å². The van der Waals surface area contributed by atoms with E-state index in [-0.39, 0.29) is 66.3 Å². The zero-order chi connectivity index (χ0) is 21.6. The van der Waals surface area contributed by atoms with Gasteiger partial charge in [-0.3, -0.25) is 0 Å². The fraction of sp³-hybridized carbons (Fsp3) is 0.731. The number of nitrogens with zero attached hydrogens (tertiary/aromatic N) is 3. The molecule has 1 aliphatic heterocycles. The summed E-state index contributed by atoms with van der Waals surface area (Å²) in [5, 5.41) is 8.52. The van der Waals surface area contributed by atoms with Gasteiger partial charge in [0.2, 0.25) is 10.0 Å². The molecule has 1 saturated carbocycles. The molecule has 3 rings (SSSR count). The maximum atomic E-state index is 12.4. The number of likely N-dealkylation sites (tertiary alicyclic amines) is 1. The van der Waals surface area contributed by atoms with Crippen molar-refractivity contribution in [2.75, 3.05) is 19.6 Å². The van der Waals surface area contributed by atoms with Gasteiger partial charge in [-0.2, -0.15) is 9.57 Å².